The Balaban J connectivity index is 1.92. The average Bonchev–Trinajstić information content (AvgIpc) is 3.20. The second-order valence-electron chi connectivity index (χ2n) is 8.41. The number of sulfonamides is 1. The first-order valence-electron chi connectivity index (χ1n) is 11.0. The number of primary amides is 1. The largest absolute Gasteiger partial charge is 0.368 e. The van der Waals surface area contributed by atoms with Crippen LogP contribution in [0.3, 0.4) is 0 Å². The second kappa shape index (κ2) is 10.9. The highest BCUT2D eigenvalue weighted by Crippen LogP contribution is 2.19. The van der Waals surface area contributed by atoms with Crippen LogP contribution in [-0.2, 0) is 26.0 Å². The smallest absolute Gasteiger partial charge is 0.247 e. The number of benzene rings is 1. The van der Waals surface area contributed by atoms with Gasteiger partial charge in [0.1, 0.15) is 6.04 Å². The molecule has 2 aromatic rings. The van der Waals surface area contributed by atoms with Crippen LogP contribution in [0.15, 0.2) is 48.8 Å². The fraction of sp³-hybridized carbons (Fsp3) is 0.500. The maximum absolute atomic E-state index is 13.7. The number of amides is 2. The number of carbonyl (C=O) groups is 2. The Labute approximate surface area is 195 Å². The predicted molar refractivity (Wildman–Crippen MR) is 125 cm³/mol. The fourth-order valence-corrected chi connectivity index (χ4v) is 5.69. The lowest BCUT2D eigenvalue weighted by molar-refractivity contribution is -0.128. The van der Waals surface area contributed by atoms with Crippen molar-refractivity contribution in [2.24, 2.45) is 11.7 Å². The van der Waals surface area contributed by atoms with Crippen LogP contribution < -0.4 is 10.7 Å². The zero-order chi connectivity index (χ0) is 24.0. The van der Waals surface area contributed by atoms with Crippen molar-refractivity contribution in [2.75, 3.05) is 44.0 Å². The van der Waals surface area contributed by atoms with Gasteiger partial charge in [0, 0.05) is 25.8 Å². The Morgan fingerprint density at radius 2 is 1.85 bits per heavy atom. The van der Waals surface area contributed by atoms with E-state index in [0.29, 0.717) is 19.6 Å². The normalized spacial score (nSPS) is 17.8. The molecule has 1 saturated heterocycles. The molecule has 0 bridgehead atoms. The molecule has 2 atom stereocenters. The summed E-state index contributed by atoms with van der Waals surface area (Å²) in [7, 11) is -1.77. The lowest BCUT2D eigenvalue weighted by Crippen LogP contribution is -2.56. The Morgan fingerprint density at radius 1 is 1.12 bits per heavy atom. The fourth-order valence-electron chi connectivity index (χ4n) is 3.94. The quantitative estimate of drug-likeness (QED) is 0.546. The van der Waals surface area contributed by atoms with E-state index in [4.69, 9.17) is 5.73 Å². The Hall–Kier alpha value is -2.76. The van der Waals surface area contributed by atoms with Crippen LogP contribution in [0.5, 0.6) is 0 Å². The number of carbonyl (C=O) groups excluding carboxylic acids is 2. The maximum atomic E-state index is 13.7. The SMILES string of the molecule is CC(C(N)=O)N(C(=O)C(Cc1ccccc1)CS(=O)(=O)N1CCCN(C)CC1)n1cccn1. The van der Waals surface area contributed by atoms with E-state index in [9.17, 15) is 18.0 Å². The third kappa shape index (κ3) is 6.40. The molecule has 1 aliphatic heterocycles. The van der Waals surface area contributed by atoms with E-state index in [2.05, 4.69) is 10.00 Å². The summed E-state index contributed by atoms with van der Waals surface area (Å²) in [5.41, 5.74) is 6.33. The molecular weight excluding hydrogens is 444 g/mol. The lowest BCUT2D eigenvalue weighted by Gasteiger charge is -2.31. The number of rotatable bonds is 9. The molecular formula is C22H32N6O4S. The van der Waals surface area contributed by atoms with E-state index in [1.807, 2.05) is 37.4 Å². The highest BCUT2D eigenvalue weighted by molar-refractivity contribution is 7.89. The van der Waals surface area contributed by atoms with Crippen molar-refractivity contribution in [2.45, 2.75) is 25.8 Å². The molecule has 1 aliphatic rings. The van der Waals surface area contributed by atoms with Crippen molar-refractivity contribution in [1.29, 1.82) is 0 Å². The third-order valence-corrected chi connectivity index (χ3v) is 7.85. The molecule has 3 rings (SSSR count). The van der Waals surface area contributed by atoms with Gasteiger partial charge >= 0.3 is 0 Å². The van der Waals surface area contributed by atoms with Crippen LogP contribution in [-0.4, -0.2) is 84.3 Å². The molecule has 2 N–H and O–H groups in total. The average molecular weight is 477 g/mol. The Bertz CT molecular complexity index is 1030. The number of aromatic nitrogens is 2. The highest BCUT2D eigenvalue weighted by atomic mass is 32.2. The summed E-state index contributed by atoms with van der Waals surface area (Å²) in [6.45, 7) is 3.75. The van der Waals surface area contributed by atoms with E-state index in [-0.39, 0.29) is 12.2 Å². The van der Waals surface area contributed by atoms with Crippen molar-refractivity contribution in [1.82, 2.24) is 19.1 Å². The van der Waals surface area contributed by atoms with Gasteiger partial charge in [-0.15, -0.1) is 0 Å². The number of hydrogen-bond acceptors (Lipinski definition) is 6. The van der Waals surface area contributed by atoms with Gasteiger partial charge in [0.25, 0.3) is 0 Å². The van der Waals surface area contributed by atoms with Crippen LogP contribution >= 0.6 is 0 Å². The number of hydrogen-bond donors (Lipinski definition) is 1. The molecule has 1 aromatic heterocycles. The molecule has 2 unspecified atom stereocenters. The second-order valence-corrected chi connectivity index (χ2v) is 10.4. The van der Waals surface area contributed by atoms with Crippen LogP contribution in [0.25, 0.3) is 0 Å². The molecule has 2 amide bonds. The summed E-state index contributed by atoms with van der Waals surface area (Å²) in [4.78, 5) is 29.1. The summed E-state index contributed by atoms with van der Waals surface area (Å²) in [5.74, 6) is -2.53. The van der Waals surface area contributed by atoms with E-state index in [1.165, 1.54) is 28.4 Å². The number of likely N-dealkylation sites (N-methyl/N-ethyl adjacent to an activating group) is 1. The van der Waals surface area contributed by atoms with Gasteiger partial charge in [0.2, 0.25) is 21.8 Å². The molecule has 180 valence electrons. The van der Waals surface area contributed by atoms with Gasteiger partial charge in [0.15, 0.2) is 0 Å². The minimum Gasteiger partial charge on any atom is -0.368 e. The van der Waals surface area contributed by atoms with Crippen LogP contribution in [0.2, 0.25) is 0 Å². The van der Waals surface area contributed by atoms with Gasteiger partial charge in [-0.05, 0) is 45.0 Å². The number of nitrogens with two attached hydrogens (primary N) is 1. The van der Waals surface area contributed by atoms with E-state index >= 15 is 0 Å². The standard InChI is InChI=1S/C22H32N6O4S/c1-18(21(23)29)28(27-13-6-10-24-27)22(30)20(16-19-8-4-3-5-9-19)17-33(31,32)26-12-7-11-25(2)14-15-26/h3-6,8-10,13,18,20H,7,11-12,14-17H2,1-2H3,(H2,23,29). The molecule has 0 aliphatic carbocycles. The molecule has 1 fully saturated rings. The maximum Gasteiger partial charge on any atom is 0.247 e. The molecule has 10 nitrogen and oxygen atoms in total. The monoisotopic (exact) mass is 476 g/mol. The van der Waals surface area contributed by atoms with Crippen molar-refractivity contribution in [3.8, 4) is 0 Å². The van der Waals surface area contributed by atoms with Gasteiger partial charge in [-0.3, -0.25) is 9.59 Å². The molecule has 33 heavy (non-hydrogen) atoms. The van der Waals surface area contributed by atoms with Crippen LogP contribution in [0, 0.1) is 5.92 Å². The molecule has 2 heterocycles. The predicted octanol–water partition coefficient (Wildman–Crippen LogP) is 0.0477. The van der Waals surface area contributed by atoms with Crippen molar-refractivity contribution < 1.29 is 18.0 Å². The zero-order valence-corrected chi connectivity index (χ0v) is 19.9. The summed E-state index contributed by atoms with van der Waals surface area (Å²) in [5, 5.41) is 5.23. The molecule has 0 spiro atoms. The molecule has 1 aromatic carbocycles. The topological polar surface area (TPSA) is 122 Å². The summed E-state index contributed by atoms with van der Waals surface area (Å²) >= 11 is 0. The van der Waals surface area contributed by atoms with Crippen molar-refractivity contribution >= 4 is 21.8 Å². The first kappa shape index (κ1) is 24.9. The molecule has 11 heteroatoms. The summed E-state index contributed by atoms with van der Waals surface area (Å²) in [6, 6.07) is 9.85. The summed E-state index contributed by atoms with van der Waals surface area (Å²) in [6.07, 6.45) is 3.93. The Kier molecular flexibility index (Phi) is 8.22. The minimum absolute atomic E-state index is 0.204. The van der Waals surface area contributed by atoms with Crippen LogP contribution in [0.1, 0.15) is 18.9 Å². The highest BCUT2D eigenvalue weighted by Gasteiger charge is 2.37. The van der Waals surface area contributed by atoms with E-state index < -0.39 is 33.8 Å². The zero-order valence-electron chi connectivity index (χ0n) is 19.1. The molecule has 0 saturated carbocycles. The van der Waals surface area contributed by atoms with E-state index in [1.54, 1.807) is 6.07 Å². The van der Waals surface area contributed by atoms with Gasteiger partial charge in [-0.25, -0.2) is 17.7 Å². The van der Waals surface area contributed by atoms with Gasteiger partial charge in [-0.2, -0.15) is 9.89 Å². The van der Waals surface area contributed by atoms with Gasteiger partial charge in [0.05, 0.1) is 17.9 Å². The number of nitrogens with zero attached hydrogens (tertiary/aromatic N) is 5. The minimum atomic E-state index is -3.73. The van der Waals surface area contributed by atoms with Gasteiger partial charge in [-0.1, -0.05) is 30.3 Å². The lowest BCUT2D eigenvalue weighted by atomic mass is 9.99. The first-order chi connectivity index (χ1) is 15.7. The summed E-state index contributed by atoms with van der Waals surface area (Å²) < 4.78 is 28.2. The van der Waals surface area contributed by atoms with Gasteiger partial charge < -0.3 is 10.6 Å². The Morgan fingerprint density at radius 3 is 2.48 bits per heavy atom. The third-order valence-electron chi connectivity index (χ3n) is 5.87. The molecule has 0 radical (unpaired) electrons. The van der Waals surface area contributed by atoms with Crippen molar-refractivity contribution in [3.63, 3.8) is 0 Å². The van der Waals surface area contributed by atoms with Crippen LogP contribution in [0.4, 0.5) is 0 Å². The first-order valence-corrected chi connectivity index (χ1v) is 12.6. The van der Waals surface area contributed by atoms with E-state index in [0.717, 1.165) is 23.5 Å². The van der Waals surface area contributed by atoms with Crippen molar-refractivity contribution in [3.05, 3.63) is 54.4 Å².